The number of aromatic amines is 1. The standard InChI is InChI=1S/C18H18BrN3O2/c1-11(14-7-17-18(8-15(14)19)24-5-4-23-17)20-9-12-2-3-13-10-21-22-16(13)6-12/h2-3,6-8,10-11,20H,4-5,9H2,1H3,(H,21,22). The van der Waals surface area contributed by atoms with Crippen LogP contribution < -0.4 is 14.8 Å². The molecule has 0 saturated carbocycles. The number of nitrogens with zero attached hydrogens (tertiary/aromatic N) is 1. The Bertz CT molecular complexity index is 878. The average molecular weight is 388 g/mol. The van der Waals surface area contributed by atoms with Crippen LogP contribution in [0.4, 0.5) is 0 Å². The summed E-state index contributed by atoms with van der Waals surface area (Å²) in [7, 11) is 0. The van der Waals surface area contributed by atoms with E-state index in [9.17, 15) is 0 Å². The minimum Gasteiger partial charge on any atom is -0.486 e. The van der Waals surface area contributed by atoms with Crippen molar-refractivity contribution >= 4 is 26.8 Å². The number of nitrogens with one attached hydrogen (secondary N) is 2. The Morgan fingerprint density at radius 2 is 2.00 bits per heavy atom. The highest BCUT2D eigenvalue weighted by atomic mass is 79.9. The van der Waals surface area contributed by atoms with Gasteiger partial charge in [0, 0.05) is 22.4 Å². The molecule has 2 aromatic carbocycles. The zero-order valence-corrected chi connectivity index (χ0v) is 14.9. The smallest absolute Gasteiger partial charge is 0.162 e. The third-order valence-corrected chi connectivity index (χ3v) is 4.93. The molecule has 0 fully saturated rings. The van der Waals surface area contributed by atoms with Crippen molar-refractivity contribution < 1.29 is 9.47 Å². The van der Waals surface area contributed by atoms with Crippen molar-refractivity contribution in [2.24, 2.45) is 0 Å². The van der Waals surface area contributed by atoms with Crippen LogP contribution in [0.5, 0.6) is 11.5 Å². The fourth-order valence-corrected chi connectivity index (χ4v) is 3.55. The van der Waals surface area contributed by atoms with Crippen molar-refractivity contribution in [1.82, 2.24) is 15.5 Å². The first-order valence-corrected chi connectivity index (χ1v) is 8.74. The molecule has 1 unspecified atom stereocenters. The molecule has 1 aliphatic heterocycles. The number of fused-ring (bicyclic) bond motifs is 2. The SMILES string of the molecule is CC(NCc1ccc2cn[nH]c2c1)c1cc2c(cc1Br)OCCO2. The van der Waals surface area contributed by atoms with Crippen LogP contribution >= 0.6 is 15.9 Å². The molecule has 0 radical (unpaired) electrons. The van der Waals surface area contributed by atoms with E-state index in [0.29, 0.717) is 13.2 Å². The summed E-state index contributed by atoms with van der Waals surface area (Å²) in [6.45, 7) is 4.12. The molecule has 1 aliphatic rings. The summed E-state index contributed by atoms with van der Waals surface area (Å²) >= 11 is 3.64. The lowest BCUT2D eigenvalue weighted by Gasteiger charge is -2.22. The van der Waals surface area contributed by atoms with Gasteiger partial charge in [-0.15, -0.1) is 0 Å². The molecule has 124 valence electrons. The second kappa shape index (κ2) is 6.45. The van der Waals surface area contributed by atoms with Crippen LogP contribution in [0.25, 0.3) is 10.9 Å². The molecule has 3 aromatic rings. The molecule has 0 saturated heterocycles. The third-order valence-electron chi connectivity index (χ3n) is 4.25. The Labute approximate surface area is 148 Å². The highest BCUT2D eigenvalue weighted by Gasteiger charge is 2.17. The predicted octanol–water partition coefficient (Wildman–Crippen LogP) is 3.95. The van der Waals surface area contributed by atoms with Gasteiger partial charge in [0.15, 0.2) is 11.5 Å². The third kappa shape index (κ3) is 2.99. The monoisotopic (exact) mass is 387 g/mol. The minimum absolute atomic E-state index is 0.174. The largest absolute Gasteiger partial charge is 0.486 e. The van der Waals surface area contributed by atoms with Crippen LogP contribution in [0.2, 0.25) is 0 Å². The Balaban J connectivity index is 1.50. The van der Waals surface area contributed by atoms with Crippen molar-refractivity contribution in [3.05, 3.63) is 52.1 Å². The van der Waals surface area contributed by atoms with Gasteiger partial charge in [0.1, 0.15) is 13.2 Å². The summed E-state index contributed by atoms with van der Waals surface area (Å²) in [5.41, 5.74) is 3.43. The van der Waals surface area contributed by atoms with E-state index in [1.807, 2.05) is 18.3 Å². The molecule has 2 N–H and O–H groups in total. The molecule has 24 heavy (non-hydrogen) atoms. The van der Waals surface area contributed by atoms with Gasteiger partial charge in [-0.25, -0.2) is 0 Å². The first kappa shape index (κ1) is 15.5. The molecule has 0 aliphatic carbocycles. The van der Waals surface area contributed by atoms with Crippen molar-refractivity contribution in [2.45, 2.75) is 19.5 Å². The van der Waals surface area contributed by atoms with E-state index in [-0.39, 0.29) is 6.04 Å². The molecular weight excluding hydrogens is 370 g/mol. The topological polar surface area (TPSA) is 59.2 Å². The second-order valence-electron chi connectivity index (χ2n) is 5.91. The van der Waals surface area contributed by atoms with Crippen LogP contribution in [-0.4, -0.2) is 23.4 Å². The number of hydrogen-bond acceptors (Lipinski definition) is 4. The first-order chi connectivity index (χ1) is 11.7. The van der Waals surface area contributed by atoms with Gasteiger partial charge >= 0.3 is 0 Å². The van der Waals surface area contributed by atoms with Gasteiger partial charge in [-0.2, -0.15) is 5.10 Å². The number of H-pyrrole nitrogens is 1. The summed E-state index contributed by atoms with van der Waals surface area (Å²) in [5, 5.41) is 11.8. The first-order valence-electron chi connectivity index (χ1n) is 7.95. The maximum Gasteiger partial charge on any atom is 0.162 e. The molecule has 2 heterocycles. The van der Waals surface area contributed by atoms with E-state index in [4.69, 9.17) is 9.47 Å². The normalized spacial score (nSPS) is 14.8. The van der Waals surface area contributed by atoms with Gasteiger partial charge in [0.2, 0.25) is 0 Å². The number of benzene rings is 2. The average Bonchev–Trinajstić information content (AvgIpc) is 3.06. The lowest BCUT2D eigenvalue weighted by Crippen LogP contribution is -2.20. The quantitative estimate of drug-likeness (QED) is 0.711. The van der Waals surface area contributed by atoms with E-state index < -0.39 is 0 Å². The van der Waals surface area contributed by atoms with E-state index in [1.54, 1.807) is 0 Å². The van der Waals surface area contributed by atoms with E-state index in [0.717, 1.165) is 39.0 Å². The molecule has 1 aromatic heterocycles. The summed E-state index contributed by atoms with van der Waals surface area (Å²) in [5.74, 6) is 1.61. The highest BCUT2D eigenvalue weighted by Crippen LogP contribution is 2.37. The van der Waals surface area contributed by atoms with Gasteiger partial charge in [-0.05, 0) is 36.2 Å². The molecule has 0 bridgehead atoms. The van der Waals surface area contributed by atoms with Gasteiger partial charge in [0.05, 0.1) is 11.7 Å². The Hall–Kier alpha value is -2.05. The molecule has 0 spiro atoms. The van der Waals surface area contributed by atoms with Crippen molar-refractivity contribution in [2.75, 3.05) is 13.2 Å². The maximum absolute atomic E-state index is 5.69. The summed E-state index contributed by atoms with van der Waals surface area (Å²) in [4.78, 5) is 0. The summed E-state index contributed by atoms with van der Waals surface area (Å²) in [6.07, 6.45) is 1.83. The highest BCUT2D eigenvalue weighted by molar-refractivity contribution is 9.10. The molecular formula is C18H18BrN3O2. The van der Waals surface area contributed by atoms with Gasteiger partial charge in [0.25, 0.3) is 0 Å². The fourth-order valence-electron chi connectivity index (χ4n) is 2.89. The number of rotatable bonds is 4. The van der Waals surface area contributed by atoms with Crippen LogP contribution in [0.1, 0.15) is 24.1 Å². The molecule has 1 atom stereocenters. The van der Waals surface area contributed by atoms with Crippen LogP contribution in [0.15, 0.2) is 41.0 Å². The number of ether oxygens (including phenoxy) is 2. The molecule has 5 nitrogen and oxygen atoms in total. The zero-order chi connectivity index (χ0) is 16.5. The predicted molar refractivity (Wildman–Crippen MR) is 96.5 cm³/mol. The Morgan fingerprint density at radius 1 is 1.21 bits per heavy atom. The lowest BCUT2D eigenvalue weighted by molar-refractivity contribution is 0.171. The number of aromatic nitrogens is 2. The van der Waals surface area contributed by atoms with E-state index in [1.165, 1.54) is 5.56 Å². The molecule has 4 rings (SSSR count). The summed E-state index contributed by atoms with van der Waals surface area (Å²) in [6, 6.07) is 10.5. The van der Waals surface area contributed by atoms with E-state index >= 15 is 0 Å². The van der Waals surface area contributed by atoms with E-state index in [2.05, 4.69) is 56.6 Å². The van der Waals surface area contributed by atoms with Crippen LogP contribution in [-0.2, 0) is 6.54 Å². The van der Waals surface area contributed by atoms with Gasteiger partial charge in [-0.3, -0.25) is 5.10 Å². The van der Waals surface area contributed by atoms with Crippen molar-refractivity contribution in [1.29, 1.82) is 0 Å². The minimum atomic E-state index is 0.174. The van der Waals surface area contributed by atoms with Gasteiger partial charge in [-0.1, -0.05) is 28.1 Å². The van der Waals surface area contributed by atoms with Crippen molar-refractivity contribution in [3.63, 3.8) is 0 Å². The lowest BCUT2D eigenvalue weighted by atomic mass is 10.1. The maximum atomic E-state index is 5.69. The Morgan fingerprint density at radius 3 is 2.83 bits per heavy atom. The summed E-state index contributed by atoms with van der Waals surface area (Å²) < 4.78 is 12.3. The number of hydrogen-bond donors (Lipinski definition) is 2. The van der Waals surface area contributed by atoms with Crippen LogP contribution in [0, 0.1) is 0 Å². The van der Waals surface area contributed by atoms with Crippen molar-refractivity contribution in [3.8, 4) is 11.5 Å². The molecule has 6 heteroatoms. The fraction of sp³-hybridized carbons (Fsp3) is 0.278. The zero-order valence-electron chi connectivity index (χ0n) is 13.3. The van der Waals surface area contributed by atoms with Gasteiger partial charge < -0.3 is 14.8 Å². The number of halogens is 1. The van der Waals surface area contributed by atoms with Crippen LogP contribution in [0.3, 0.4) is 0 Å². The second-order valence-corrected chi connectivity index (χ2v) is 6.77. The Kier molecular flexibility index (Phi) is 4.16. The molecule has 0 amide bonds.